The summed E-state index contributed by atoms with van der Waals surface area (Å²) < 4.78 is 25.6. The number of fused-ring (bicyclic) bond motifs is 2. The van der Waals surface area contributed by atoms with Gasteiger partial charge in [-0.25, -0.2) is 4.98 Å². The molecule has 0 aliphatic carbocycles. The van der Waals surface area contributed by atoms with Gasteiger partial charge in [-0.15, -0.1) is 0 Å². The Morgan fingerprint density at radius 2 is 1.85 bits per heavy atom. The van der Waals surface area contributed by atoms with Gasteiger partial charge >= 0.3 is 0 Å². The number of para-hydroxylation sites is 2. The molecule has 3 aromatic carbocycles. The zero-order valence-electron chi connectivity index (χ0n) is 23.1. The van der Waals surface area contributed by atoms with Gasteiger partial charge in [-0.1, -0.05) is 29.8 Å². The molecule has 0 atom stereocenters. The number of ether oxygens (including phenoxy) is 4. The van der Waals surface area contributed by atoms with Gasteiger partial charge in [0.05, 0.1) is 39.1 Å². The highest BCUT2D eigenvalue weighted by Gasteiger charge is 2.17. The Morgan fingerprint density at radius 1 is 1.00 bits per heavy atom. The summed E-state index contributed by atoms with van der Waals surface area (Å²) in [6.07, 6.45) is 3.73. The van der Waals surface area contributed by atoms with Gasteiger partial charge in [0.1, 0.15) is 18.2 Å². The number of carbonyl (C=O) groups is 1. The molecular formula is C31H33ClN4O5. The number of anilines is 1. The summed E-state index contributed by atoms with van der Waals surface area (Å²) in [5.41, 5.74) is 2.56. The van der Waals surface area contributed by atoms with Crippen molar-refractivity contribution in [1.29, 1.82) is 0 Å². The Bertz CT molecular complexity index is 1490. The first-order valence-corrected chi connectivity index (χ1v) is 13.8. The van der Waals surface area contributed by atoms with Gasteiger partial charge in [0.2, 0.25) is 5.91 Å². The third-order valence-electron chi connectivity index (χ3n) is 6.70. The molecule has 9 nitrogen and oxygen atoms in total. The van der Waals surface area contributed by atoms with E-state index < -0.39 is 0 Å². The minimum atomic E-state index is -0.195. The summed E-state index contributed by atoms with van der Waals surface area (Å²) in [6, 6.07) is 18.6. The second-order valence-corrected chi connectivity index (χ2v) is 10.1. The number of halogens is 1. The smallest absolute Gasteiger partial charge is 0.238 e. The second-order valence-electron chi connectivity index (χ2n) is 9.66. The molecule has 0 saturated carbocycles. The van der Waals surface area contributed by atoms with E-state index in [1.54, 1.807) is 31.5 Å². The molecule has 0 radical (unpaired) electrons. The summed E-state index contributed by atoms with van der Waals surface area (Å²) in [7, 11) is 1.67. The largest absolute Gasteiger partial charge is 0.496 e. The minimum absolute atomic E-state index is 0.143. The van der Waals surface area contributed by atoms with Crippen molar-refractivity contribution in [3.05, 3.63) is 95.0 Å². The Morgan fingerprint density at radius 3 is 2.66 bits per heavy atom. The lowest BCUT2D eigenvalue weighted by Crippen LogP contribution is -2.35. The number of hydrogen-bond donors (Lipinski definition) is 1. The number of carbonyl (C=O) groups excluding carboxylic acids is 1. The van der Waals surface area contributed by atoms with E-state index in [9.17, 15) is 4.79 Å². The molecule has 0 spiro atoms. The van der Waals surface area contributed by atoms with Crippen LogP contribution in [0.3, 0.4) is 0 Å². The number of benzene rings is 3. The van der Waals surface area contributed by atoms with Gasteiger partial charge in [0.15, 0.2) is 17.2 Å². The van der Waals surface area contributed by atoms with Crippen molar-refractivity contribution in [2.45, 2.75) is 20.0 Å². The van der Waals surface area contributed by atoms with Crippen LogP contribution in [-0.4, -0.2) is 60.4 Å². The SMILES string of the molecule is COc1ccc(CN2CCOCCOc3ccccc3Oc3ccc(Cl)cc3NC(=O)C2)cc1Cn1ccnc1C. The normalized spacial score (nSPS) is 14.9. The summed E-state index contributed by atoms with van der Waals surface area (Å²) in [5, 5.41) is 3.47. The summed E-state index contributed by atoms with van der Waals surface area (Å²) in [4.78, 5) is 19.7. The maximum Gasteiger partial charge on any atom is 0.238 e. The molecule has 41 heavy (non-hydrogen) atoms. The Kier molecular flexibility index (Phi) is 9.40. The van der Waals surface area contributed by atoms with Crippen LogP contribution >= 0.6 is 11.6 Å². The molecule has 4 aromatic rings. The fourth-order valence-electron chi connectivity index (χ4n) is 4.64. The highest BCUT2D eigenvalue weighted by atomic mass is 35.5. The first-order chi connectivity index (χ1) is 20.0. The third-order valence-corrected chi connectivity index (χ3v) is 6.94. The fourth-order valence-corrected chi connectivity index (χ4v) is 4.81. The van der Waals surface area contributed by atoms with Crippen LogP contribution in [0.25, 0.3) is 0 Å². The first kappa shape index (κ1) is 28.5. The number of amides is 1. The van der Waals surface area contributed by atoms with Crippen LogP contribution in [0.5, 0.6) is 23.0 Å². The molecule has 1 amide bonds. The van der Waals surface area contributed by atoms with E-state index in [0.717, 1.165) is 22.7 Å². The highest BCUT2D eigenvalue weighted by molar-refractivity contribution is 6.31. The van der Waals surface area contributed by atoms with Gasteiger partial charge in [0.25, 0.3) is 0 Å². The predicted octanol–water partition coefficient (Wildman–Crippen LogP) is 5.54. The molecule has 0 unspecified atom stereocenters. The first-order valence-electron chi connectivity index (χ1n) is 13.4. The monoisotopic (exact) mass is 576 g/mol. The zero-order valence-corrected chi connectivity index (χ0v) is 23.9. The molecule has 2 heterocycles. The fraction of sp³-hybridized carbons (Fsp3) is 0.290. The van der Waals surface area contributed by atoms with E-state index in [-0.39, 0.29) is 12.5 Å². The van der Waals surface area contributed by atoms with Gasteiger partial charge in [-0.2, -0.15) is 0 Å². The number of aromatic nitrogens is 2. The molecule has 0 saturated heterocycles. The van der Waals surface area contributed by atoms with Crippen LogP contribution < -0.4 is 19.5 Å². The Labute approximate surface area is 244 Å². The van der Waals surface area contributed by atoms with Crippen molar-refractivity contribution in [1.82, 2.24) is 14.5 Å². The van der Waals surface area contributed by atoms with E-state index in [2.05, 4.69) is 20.9 Å². The van der Waals surface area contributed by atoms with Crippen molar-refractivity contribution in [2.24, 2.45) is 0 Å². The Balaban J connectivity index is 1.37. The van der Waals surface area contributed by atoms with Crippen LogP contribution in [0.15, 0.2) is 73.1 Å². The molecule has 5 rings (SSSR count). The average molecular weight is 577 g/mol. The summed E-state index contributed by atoms with van der Waals surface area (Å²) in [5.74, 6) is 3.11. The lowest BCUT2D eigenvalue weighted by Gasteiger charge is -2.23. The quantitative estimate of drug-likeness (QED) is 0.334. The average Bonchev–Trinajstić information content (AvgIpc) is 3.36. The molecule has 1 N–H and O–H groups in total. The number of aryl methyl sites for hydroxylation is 1. The lowest BCUT2D eigenvalue weighted by atomic mass is 10.1. The third kappa shape index (κ3) is 7.58. The number of imidazole rings is 1. The van der Waals surface area contributed by atoms with Gasteiger partial charge in [-0.3, -0.25) is 9.69 Å². The molecule has 1 aliphatic heterocycles. The topological polar surface area (TPSA) is 87.1 Å². The molecule has 1 aromatic heterocycles. The zero-order chi connectivity index (χ0) is 28.6. The maximum absolute atomic E-state index is 13.3. The summed E-state index contributed by atoms with van der Waals surface area (Å²) >= 11 is 6.28. The number of rotatable bonds is 5. The minimum Gasteiger partial charge on any atom is -0.496 e. The standard InChI is InChI=1S/C31H33ClN4O5/c1-22-33-11-12-36(22)20-24-17-23(7-9-27(24)38-2)19-35-13-14-39-15-16-40-29-5-3-4-6-30(29)41-28-10-8-25(32)18-26(28)34-31(37)21-35/h3-12,17-18H,13-16,19-21H2,1-2H3,(H,34,37). The van der Waals surface area contributed by atoms with E-state index in [1.807, 2.05) is 54.4 Å². The van der Waals surface area contributed by atoms with E-state index >= 15 is 0 Å². The van der Waals surface area contributed by atoms with Crippen LogP contribution in [0, 0.1) is 6.92 Å². The second kappa shape index (κ2) is 13.5. The van der Waals surface area contributed by atoms with Crippen LogP contribution in [-0.2, 0) is 22.6 Å². The molecule has 1 aliphatic rings. The predicted molar refractivity (Wildman–Crippen MR) is 157 cm³/mol. The lowest BCUT2D eigenvalue weighted by molar-refractivity contribution is -0.117. The van der Waals surface area contributed by atoms with Crippen LogP contribution in [0.4, 0.5) is 5.69 Å². The summed E-state index contributed by atoms with van der Waals surface area (Å²) in [6.45, 7) is 5.03. The van der Waals surface area contributed by atoms with Crippen molar-refractivity contribution in [3.63, 3.8) is 0 Å². The van der Waals surface area contributed by atoms with Crippen LogP contribution in [0.1, 0.15) is 17.0 Å². The van der Waals surface area contributed by atoms with Gasteiger partial charge in [0, 0.05) is 36.1 Å². The van der Waals surface area contributed by atoms with Gasteiger partial charge < -0.3 is 28.8 Å². The molecular weight excluding hydrogens is 544 g/mol. The van der Waals surface area contributed by atoms with Crippen molar-refractivity contribution in [2.75, 3.05) is 45.3 Å². The Hall–Kier alpha value is -4.05. The number of nitrogens with one attached hydrogen (secondary N) is 1. The van der Waals surface area contributed by atoms with E-state index in [1.165, 1.54) is 0 Å². The van der Waals surface area contributed by atoms with E-state index in [4.69, 9.17) is 30.5 Å². The molecule has 214 valence electrons. The highest BCUT2D eigenvalue weighted by Crippen LogP contribution is 2.36. The number of methoxy groups -OCH3 is 1. The molecule has 0 fully saturated rings. The van der Waals surface area contributed by atoms with Crippen molar-refractivity contribution in [3.8, 4) is 23.0 Å². The van der Waals surface area contributed by atoms with Crippen molar-refractivity contribution >= 4 is 23.2 Å². The van der Waals surface area contributed by atoms with Crippen LogP contribution in [0.2, 0.25) is 5.02 Å². The number of nitrogens with zero attached hydrogens (tertiary/aromatic N) is 3. The molecule has 10 heteroatoms. The number of hydrogen-bond acceptors (Lipinski definition) is 7. The molecule has 0 bridgehead atoms. The van der Waals surface area contributed by atoms with Gasteiger partial charge in [-0.05, 0) is 55.0 Å². The maximum atomic E-state index is 13.3. The van der Waals surface area contributed by atoms with E-state index in [0.29, 0.717) is 67.4 Å². The van der Waals surface area contributed by atoms with Crippen molar-refractivity contribution < 1.29 is 23.7 Å².